The van der Waals surface area contributed by atoms with E-state index in [0.717, 1.165) is 15.6 Å². The van der Waals surface area contributed by atoms with Gasteiger partial charge in [0.1, 0.15) is 5.92 Å². The minimum Gasteiger partial charge on any atom is -0.355 e. The van der Waals surface area contributed by atoms with E-state index >= 15 is 0 Å². The summed E-state index contributed by atoms with van der Waals surface area (Å²) in [6.45, 7) is 0.452. The highest BCUT2D eigenvalue weighted by molar-refractivity contribution is 9.10. The summed E-state index contributed by atoms with van der Waals surface area (Å²) in [6.07, 6.45) is 5.09. The lowest BCUT2D eigenvalue weighted by atomic mass is 9.88. The zero-order chi connectivity index (χ0) is 18.4. The Labute approximate surface area is 160 Å². The van der Waals surface area contributed by atoms with Crippen molar-refractivity contribution in [1.82, 2.24) is 10.7 Å². The van der Waals surface area contributed by atoms with Gasteiger partial charge in [-0.1, -0.05) is 64.5 Å². The van der Waals surface area contributed by atoms with Crippen LogP contribution in [-0.4, -0.2) is 24.6 Å². The number of nitrogens with one attached hydrogen (secondary N) is 2. The van der Waals surface area contributed by atoms with Gasteiger partial charge >= 0.3 is 0 Å². The van der Waals surface area contributed by atoms with Crippen LogP contribution in [0.2, 0.25) is 0 Å². The molecular formula is C20H18BrN3O2. The number of allylic oxidation sites excluding steroid dienone is 1. The maximum absolute atomic E-state index is 12.4. The number of hydrogen-bond donors (Lipinski definition) is 2. The third-order valence-corrected chi connectivity index (χ3v) is 4.71. The summed E-state index contributed by atoms with van der Waals surface area (Å²) < 4.78 is 1.01. The Morgan fingerprint density at radius 1 is 1.15 bits per heavy atom. The molecule has 2 atom stereocenters. The largest absolute Gasteiger partial charge is 0.355 e. The zero-order valence-electron chi connectivity index (χ0n) is 13.9. The number of benzene rings is 2. The van der Waals surface area contributed by atoms with E-state index < -0.39 is 11.8 Å². The van der Waals surface area contributed by atoms with Crippen LogP contribution in [0.3, 0.4) is 0 Å². The van der Waals surface area contributed by atoms with Gasteiger partial charge in [0.05, 0.1) is 0 Å². The lowest BCUT2D eigenvalue weighted by molar-refractivity contribution is -0.133. The van der Waals surface area contributed by atoms with Crippen LogP contribution in [0.1, 0.15) is 17.0 Å². The molecule has 0 unspecified atom stereocenters. The molecule has 1 aliphatic heterocycles. The third kappa shape index (κ3) is 4.46. The average molecular weight is 412 g/mol. The molecule has 2 aromatic carbocycles. The van der Waals surface area contributed by atoms with Crippen LogP contribution in [0.15, 0.2) is 70.2 Å². The number of hydrazone groups is 1. The fourth-order valence-electron chi connectivity index (χ4n) is 2.87. The van der Waals surface area contributed by atoms with E-state index in [9.17, 15) is 9.59 Å². The molecule has 26 heavy (non-hydrogen) atoms. The number of carbonyl (C=O) groups excluding carboxylic acids is 2. The Bertz CT molecular complexity index is 832. The highest BCUT2D eigenvalue weighted by Gasteiger charge is 2.40. The highest BCUT2D eigenvalue weighted by Crippen LogP contribution is 2.28. The van der Waals surface area contributed by atoms with E-state index in [1.165, 1.54) is 6.21 Å². The molecule has 2 aromatic rings. The van der Waals surface area contributed by atoms with Crippen molar-refractivity contribution in [3.63, 3.8) is 0 Å². The second-order valence-corrected chi connectivity index (χ2v) is 6.82. The first kappa shape index (κ1) is 18.1. The molecule has 1 saturated heterocycles. The molecule has 132 valence electrons. The van der Waals surface area contributed by atoms with E-state index in [-0.39, 0.29) is 11.8 Å². The minimum atomic E-state index is -0.773. The van der Waals surface area contributed by atoms with Crippen LogP contribution >= 0.6 is 15.9 Å². The molecule has 2 amide bonds. The maximum atomic E-state index is 12.4. The molecular weight excluding hydrogens is 394 g/mol. The minimum absolute atomic E-state index is 0.183. The molecule has 5 nitrogen and oxygen atoms in total. The normalized spacial score (nSPS) is 19.8. The van der Waals surface area contributed by atoms with Gasteiger partial charge < -0.3 is 5.32 Å². The highest BCUT2D eigenvalue weighted by atomic mass is 79.9. The second-order valence-electron chi connectivity index (χ2n) is 5.90. The molecule has 1 fully saturated rings. The van der Waals surface area contributed by atoms with Crippen molar-refractivity contribution in [1.29, 1.82) is 0 Å². The van der Waals surface area contributed by atoms with E-state index in [1.54, 1.807) is 6.08 Å². The first-order valence-corrected chi connectivity index (χ1v) is 9.02. The van der Waals surface area contributed by atoms with Gasteiger partial charge in [-0.05, 0) is 29.3 Å². The second kappa shape index (κ2) is 8.58. The van der Waals surface area contributed by atoms with Gasteiger partial charge in [0.25, 0.3) is 5.91 Å². The first-order chi connectivity index (χ1) is 12.6. The number of hydrogen-bond acceptors (Lipinski definition) is 3. The van der Waals surface area contributed by atoms with Crippen LogP contribution in [-0.2, 0) is 9.59 Å². The molecule has 0 spiro atoms. The summed E-state index contributed by atoms with van der Waals surface area (Å²) in [4.78, 5) is 24.5. The van der Waals surface area contributed by atoms with Gasteiger partial charge in [-0.15, -0.1) is 0 Å². The Balaban J connectivity index is 1.59. The van der Waals surface area contributed by atoms with E-state index in [2.05, 4.69) is 31.8 Å². The number of rotatable bonds is 5. The van der Waals surface area contributed by atoms with E-state index in [1.807, 2.05) is 60.7 Å². The van der Waals surface area contributed by atoms with Crippen molar-refractivity contribution in [2.75, 3.05) is 6.54 Å². The number of carbonyl (C=O) groups is 2. The van der Waals surface area contributed by atoms with Crippen LogP contribution in [0.4, 0.5) is 0 Å². The van der Waals surface area contributed by atoms with Crippen LogP contribution in [0.5, 0.6) is 0 Å². The number of halogens is 1. The molecule has 0 radical (unpaired) electrons. The summed E-state index contributed by atoms with van der Waals surface area (Å²) in [5, 5.41) is 6.67. The molecule has 0 aromatic heterocycles. The Morgan fingerprint density at radius 2 is 1.88 bits per heavy atom. The van der Waals surface area contributed by atoms with Gasteiger partial charge in [0.2, 0.25) is 5.91 Å². The van der Waals surface area contributed by atoms with Crippen molar-refractivity contribution in [2.45, 2.75) is 5.92 Å². The number of nitrogens with zero attached hydrogens (tertiary/aromatic N) is 1. The Kier molecular flexibility index (Phi) is 5.96. The summed E-state index contributed by atoms with van der Waals surface area (Å²) in [7, 11) is 0. The molecule has 0 saturated carbocycles. The fraction of sp³-hybridized carbons (Fsp3) is 0.150. The van der Waals surface area contributed by atoms with Crippen molar-refractivity contribution >= 4 is 40.0 Å². The lowest BCUT2D eigenvalue weighted by Crippen LogP contribution is -2.34. The molecule has 1 aliphatic rings. The molecule has 0 aliphatic carbocycles. The van der Waals surface area contributed by atoms with Crippen molar-refractivity contribution in [3.05, 3.63) is 76.3 Å². The van der Waals surface area contributed by atoms with Crippen molar-refractivity contribution in [2.24, 2.45) is 11.0 Å². The van der Waals surface area contributed by atoms with Gasteiger partial charge in [-0.3, -0.25) is 9.59 Å². The topological polar surface area (TPSA) is 70.6 Å². The van der Waals surface area contributed by atoms with Gasteiger partial charge in [0.15, 0.2) is 0 Å². The van der Waals surface area contributed by atoms with Crippen molar-refractivity contribution in [3.8, 4) is 0 Å². The van der Waals surface area contributed by atoms with Gasteiger partial charge in [0, 0.05) is 23.1 Å². The molecule has 3 rings (SSSR count). The summed E-state index contributed by atoms with van der Waals surface area (Å²) in [5.41, 5.74) is 4.44. The molecule has 1 heterocycles. The predicted octanol–water partition coefficient (Wildman–Crippen LogP) is 3.09. The molecule has 6 heteroatoms. The predicted molar refractivity (Wildman–Crippen MR) is 105 cm³/mol. The Morgan fingerprint density at radius 3 is 2.62 bits per heavy atom. The lowest BCUT2D eigenvalue weighted by Gasteiger charge is -2.15. The summed E-state index contributed by atoms with van der Waals surface area (Å²) >= 11 is 3.38. The summed E-state index contributed by atoms with van der Waals surface area (Å²) in [5.74, 6) is -1.62. The summed E-state index contributed by atoms with van der Waals surface area (Å²) in [6, 6.07) is 17.4. The average Bonchev–Trinajstić information content (AvgIpc) is 3.05. The van der Waals surface area contributed by atoms with Crippen LogP contribution in [0.25, 0.3) is 6.08 Å². The van der Waals surface area contributed by atoms with E-state index in [0.29, 0.717) is 6.54 Å². The van der Waals surface area contributed by atoms with Gasteiger partial charge in [-0.25, -0.2) is 5.43 Å². The maximum Gasteiger partial charge on any atom is 0.253 e. The monoisotopic (exact) mass is 411 g/mol. The zero-order valence-corrected chi connectivity index (χ0v) is 15.5. The third-order valence-electron chi connectivity index (χ3n) is 4.19. The molecule has 0 bridgehead atoms. The van der Waals surface area contributed by atoms with Crippen LogP contribution in [0, 0.1) is 5.92 Å². The standard InChI is InChI=1S/C20H18BrN3O2/c21-16-10-8-14(9-11-16)5-4-12-23-24-20(26)18-17(13-22-19(18)25)15-6-2-1-3-7-15/h1-12,17-18H,13H2,(H,22,25)(H,24,26)/b5-4+,23-12+/t17-,18-/m0/s1. The van der Waals surface area contributed by atoms with Gasteiger partial charge in [-0.2, -0.15) is 5.10 Å². The van der Waals surface area contributed by atoms with E-state index in [4.69, 9.17) is 0 Å². The fourth-order valence-corrected chi connectivity index (χ4v) is 3.14. The van der Waals surface area contributed by atoms with Crippen molar-refractivity contribution < 1.29 is 9.59 Å². The molecule has 2 N–H and O–H groups in total. The van der Waals surface area contributed by atoms with Crippen LogP contribution < -0.4 is 10.7 Å². The Hall–Kier alpha value is -2.73. The smallest absolute Gasteiger partial charge is 0.253 e. The number of amides is 2. The SMILES string of the molecule is O=C1NC[C@@H](c2ccccc2)[C@@H]1C(=O)N/N=C/C=C/c1ccc(Br)cc1. The quantitative estimate of drug-likeness (QED) is 0.450. The first-order valence-electron chi connectivity index (χ1n) is 8.23.